The second-order valence-electron chi connectivity index (χ2n) is 9.77. The van der Waals surface area contributed by atoms with Crippen molar-refractivity contribution in [3.8, 4) is 5.75 Å². The Morgan fingerprint density at radius 1 is 0.970 bits per heavy atom. The van der Waals surface area contributed by atoms with Crippen molar-refractivity contribution < 1.29 is 14.6 Å². The third-order valence-electron chi connectivity index (χ3n) is 6.30. The topological polar surface area (TPSA) is 98.8 Å². The number of non-ortho nitro benzene ring substituents is 1. The average molecular weight is 450 g/mol. The maximum Gasteiger partial charge on any atom is 0.279 e. The van der Waals surface area contributed by atoms with Gasteiger partial charge < -0.3 is 4.74 Å². The lowest BCUT2D eigenvalue weighted by Gasteiger charge is -2.38. The summed E-state index contributed by atoms with van der Waals surface area (Å²) in [6.45, 7) is 6.50. The number of hydrogen-bond acceptors (Lipinski definition) is 6. The van der Waals surface area contributed by atoms with Crippen molar-refractivity contribution >= 4 is 22.1 Å². The molecule has 2 atom stereocenters. The zero-order valence-corrected chi connectivity index (χ0v) is 19.4. The van der Waals surface area contributed by atoms with Crippen LogP contribution in [0.1, 0.15) is 43.4 Å². The van der Waals surface area contributed by atoms with Gasteiger partial charge in [0, 0.05) is 23.1 Å². The summed E-state index contributed by atoms with van der Waals surface area (Å²) in [6, 6.07) is 14.2. The van der Waals surface area contributed by atoms with Gasteiger partial charge in [-0.25, -0.2) is 0 Å². The first-order chi connectivity index (χ1) is 15.5. The van der Waals surface area contributed by atoms with Crippen LogP contribution >= 0.6 is 0 Å². The molecule has 3 aromatic rings. The Hall–Kier alpha value is -3.52. The van der Waals surface area contributed by atoms with Gasteiger partial charge in [-0.3, -0.25) is 25.1 Å². The number of hydrogen-bond donors (Lipinski definition) is 0. The molecule has 0 amide bonds. The predicted molar refractivity (Wildman–Crippen MR) is 127 cm³/mol. The second kappa shape index (κ2) is 8.12. The van der Waals surface area contributed by atoms with Crippen LogP contribution in [0.15, 0.2) is 48.5 Å². The minimum absolute atomic E-state index is 0.0124. The molecule has 172 valence electrons. The fraction of sp³-hybridized carbons (Fsp3) is 0.360. The fourth-order valence-electron chi connectivity index (χ4n) is 4.54. The molecule has 0 aliphatic carbocycles. The van der Waals surface area contributed by atoms with E-state index in [1.807, 2.05) is 31.1 Å². The molecule has 4 rings (SSSR count). The van der Waals surface area contributed by atoms with Crippen molar-refractivity contribution in [2.45, 2.75) is 44.8 Å². The summed E-state index contributed by atoms with van der Waals surface area (Å²) in [5.74, 6) is 0.382. The van der Waals surface area contributed by atoms with E-state index >= 15 is 0 Å². The Morgan fingerprint density at radius 3 is 2.30 bits per heavy atom. The molecule has 0 saturated carbocycles. The van der Waals surface area contributed by atoms with Gasteiger partial charge in [0.1, 0.15) is 5.75 Å². The number of ether oxygens (including phenoxy) is 1. The highest BCUT2D eigenvalue weighted by Gasteiger charge is 2.38. The number of nitro groups is 2. The smallest absolute Gasteiger partial charge is 0.279 e. The Kier molecular flexibility index (Phi) is 5.57. The fourth-order valence-corrected chi connectivity index (χ4v) is 4.54. The van der Waals surface area contributed by atoms with E-state index in [0.29, 0.717) is 12.0 Å². The molecule has 1 aliphatic heterocycles. The molecular weight excluding hydrogens is 422 g/mol. The minimum Gasteiger partial charge on any atom is -0.474 e. The summed E-state index contributed by atoms with van der Waals surface area (Å²) in [7, 11) is 3.72. The third kappa shape index (κ3) is 4.14. The predicted octanol–water partition coefficient (Wildman–Crippen LogP) is 5.56. The summed E-state index contributed by atoms with van der Waals surface area (Å²) in [5, 5.41) is 25.2. The van der Waals surface area contributed by atoms with Crippen molar-refractivity contribution in [3.05, 3.63) is 85.4 Å². The SMILES string of the molecule is CN(C)[C@@H]1Oc2ccc3cc(C(C)(C)C)ccc3c2C[C@H]1c1ccc([N+](=O)[O-])cc1[N+](=O)[O-]. The van der Waals surface area contributed by atoms with E-state index in [0.717, 1.165) is 28.2 Å². The quantitative estimate of drug-likeness (QED) is 0.382. The van der Waals surface area contributed by atoms with Crippen LogP contribution < -0.4 is 4.74 Å². The van der Waals surface area contributed by atoms with Gasteiger partial charge in [-0.2, -0.15) is 0 Å². The molecule has 1 heterocycles. The molecular formula is C25H27N3O5. The van der Waals surface area contributed by atoms with E-state index in [-0.39, 0.29) is 22.7 Å². The number of rotatable bonds is 4. The van der Waals surface area contributed by atoms with Crippen molar-refractivity contribution in [2.24, 2.45) is 0 Å². The molecule has 0 unspecified atom stereocenters. The largest absolute Gasteiger partial charge is 0.474 e. The van der Waals surface area contributed by atoms with Gasteiger partial charge in [-0.05, 0) is 54.4 Å². The summed E-state index contributed by atoms with van der Waals surface area (Å²) in [6.07, 6.45) is 0.0622. The van der Waals surface area contributed by atoms with Gasteiger partial charge >= 0.3 is 0 Å². The zero-order chi connectivity index (χ0) is 24.1. The first-order valence-electron chi connectivity index (χ1n) is 10.8. The van der Waals surface area contributed by atoms with Gasteiger partial charge in [-0.1, -0.05) is 45.0 Å². The van der Waals surface area contributed by atoms with Crippen LogP contribution in [0, 0.1) is 20.2 Å². The van der Waals surface area contributed by atoms with Crippen LogP contribution in [0.25, 0.3) is 10.8 Å². The molecule has 0 spiro atoms. The van der Waals surface area contributed by atoms with E-state index in [1.165, 1.54) is 17.7 Å². The molecule has 33 heavy (non-hydrogen) atoms. The molecule has 0 bridgehead atoms. The number of benzene rings is 3. The molecule has 8 nitrogen and oxygen atoms in total. The van der Waals surface area contributed by atoms with Crippen molar-refractivity contribution in [2.75, 3.05) is 14.1 Å². The van der Waals surface area contributed by atoms with Gasteiger partial charge in [0.2, 0.25) is 0 Å². The normalized spacial score (nSPS) is 18.1. The lowest BCUT2D eigenvalue weighted by molar-refractivity contribution is -0.394. The highest BCUT2D eigenvalue weighted by Crippen LogP contribution is 2.44. The van der Waals surface area contributed by atoms with Crippen molar-refractivity contribution in [3.63, 3.8) is 0 Å². The molecule has 1 aliphatic rings. The Balaban J connectivity index is 1.86. The highest BCUT2D eigenvalue weighted by atomic mass is 16.6. The summed E-state index contributed by atoms with van der Waals surface area (Å²) >= 11 is 0. The monoisotopic (exact) mass is 449 g/mol. The standard InChI is InChI=1S/C25H27N3O5/c1-25(2,3)16-7-9-18-15(12-16)6-11-23-20(18)14-21(24(33-23)26(4)5)19-10-8-17(27(29)30)13-22(19)28(31)32/h6-13,21,24H,14H2,1-5H3/t21-,24+/m0/s1. The lowest BCUT2D eigenvalue weighted by Crippen LogP contribution is -2.42. The number of fused-ring (bicyclic) bond motifs is 3. The summed E-state index contributed by atoms with van der Waals surface area (Å²) in [5.41, 5.74) is 2.09. The maximum absolute atomic E-state index is 11.8. The van der Waals surface area contributed by atoms with Gasteiger partial charge in [0.15, 0.2) is 6.23 Å². The van der Waals surface area contributed by atoms with Crippen LogP contribution in [-0.2, 0) is 11.8 Å². The Morgan fingerprint density at radius 2 is 1.70 bits per heavy atom. The molecule has 3 aromatic carbocycles. The summed E-state index contributed by atoms with van der Waals surface area (Å²) < 4.78 is 6.35. The van der Waals surface area contributed by atoms with Crippen LogP contribution in [0.5, 0.6) is 5.75 Å². The molecule has 0 N–H and O–H groups in total. The molecule has 8 heteroatoms. The Labute approximate surface area is 192 Å². The Bertz CT molecular complexity index is 1260. The zero-order valence-electron chi connectivity index (χ0n) is 19.4. The van der Waals surface area contributed by atoms with Crippen LogP contribution in [0.4, 0.5) is 11.4 Å². The van der Waals surface area contributed by atoms with Crippen molar-refractivity contribution in [1.82, 2.24) is 4.90 Å². The highest BCUT2D eigenvalue weighted by molar-refractivity contribution is 5.89. The number of nitro benzene ring substituents is 2. The van der Waals surface area contributed by atoms with Gasteiger partial charge in [0.05, 0.1) is 15.9 Å². The minimum atomic E-state index is -0.618. The lowest BCUT2D eigenvalue weighted by atomic mass is 9.82. The summed E-state index contributed by atoms with van der Waals surface area (Å²) in [4.78, 5) is 23.7. The van der Waals surface area contributed by atoms with Gasteiger partial charge in [-0.15, -0.1) is 0 Å². The van der Waals surface area contributed by atoms with E-state index in [1.54, 1.807) is 0 Å². The number of likely N-dealkylation sites (N-methyl/N-ethyl adjacent to an activating group) is 1. The second-order valence-corrected chi connectivity index (χ2v) is 9.77. The van der Waals surface area contributed by atoms with Crippen LogP contribution in [-0.4, -0.2) is 35.1 Å². The molecule has 0 saturated heterocycles. The van der Waals surface area contributed by atoms with E-state index in [4.69, 9.17) is 4.74 Å². The first-order valence-corrected chi connectivity index (χ1v) is 10.8. The first kappa shape index (κ1) is 22.7. The molecule has 0 aromatic heterocycles. The molecule has 0 fully saturated rings. The van der Waals surface area contributed by atoms with Gasteiger partial charge in [0.25, 0.3) is 11.4 Å². The average Bonchev–Trinajstić information content (AvgIpc) is 2.76. The maximum atomic E-state index is 11.8. The molecule has 0 radical (unpaired) electrons. The van der Waals surface area contributed by atoms with E-state index < -0.39 is 16.1 Å². The van der Waals surface area contributed by atoms with E-state index in [9.17, 15) is 20.2 Å². The number of nitrogens with zero attached hydrogens (tertiary/aromatic N) is 3. The van der Waals surface area contributed by atoms with Crippen LogP contribution in [0.3, 0.4) is 0 Å². The van der Waals surface area contributed by atoms with E-state index in [2.05, 4.69) is 39.0 Å². The van der Waals surface area contributed by atoms with Crippen molar-refractivity contribution in [1.29, 1.82) is 0 Å². The third-order valence-corrected chi connectivity index (χ3v) is 6.30. The van der Waals surface area contributed by atoms with Crippen LogP contribution in [0.2, 0.25) is 0 Å².